The number of benzene rings is 1. The van der Waals surface area contributed by atoms with Crippen molar-refractivity contribution in [2.75, 3.05) is 19.6 Å². The monoisotopic (exact) mass is 353 g/mol. The van der Waals surface area contributed by atoms with Crippen LogP contribution < -0.4 is 0 Å². The van der Waals surface area contributed by atoms with Gasteiger partial charge < -0.3 is 4.90 Å². The van der Waals surface area contributed by atoms with Crippen molar-refractivity contribution in [3.8, 4) is 0 Å². The van der Waals surface area contributed by atoms with Gasteiger partial charge in [0.05, 0.1) is 5.92 Å². The minimum Gasteiger partial charge on any atom is -0.303 e. The van der Waals surface area contributed by atoms with Gasteiger partial charge in [-0.05, 0) is 69.6 Å². The fourth-order valence-corrected chi connectivity index (χ4v) is 4.48. The Kier molecular flexibility index (Phi) is 4.86. The van der Waals surface area contributed by atoms with E-state index in [0.717, 1.165) is 45.3 Å². The number of rotatable bonds is 5. The van der Waals surface area contributed by atoms with Crippen molar-refractivity contribution in [1.82, 2.24) is 4.90 Å². The molecule has 26 heavy (non-hydrogen) atoms. The number of halogens is 1. The summed E-state index contributed by atoms with van der Waals surface area (Å²) < 4.78 is 13.0. The zero-order valence-electron chi connectivity index (χ0n) is 14.9. The summed E-state index contributed by atoms with van der Waals surface area (Å²) in [5.41, 5.74) is 1.89. The molecule has 0 spiro atoms. The molecule has 2 aliphatic carbocycles. The summed E-state index contributed by atoms with van der Waals surface area (Å²) in [4.78, 5) is 27.3. The van der Waals surface area contributed by atoms with Crippen LogP contribution in [0.5, 0.6) is 0 Å². The van der Waals surface area contributed by atoms with Gasteiger partial charge >= 0.3 is 0 Å². The maximum absolute atomic E-state index is 13.0. The number of carbonyl (C=O) groups excluding carboxylic acids is 2. The van der Waals surface area contributed by atoms with Crippen molar-refractivity contribution in [1.29, 1.82) is 0 Å². The summed E-state index contributed by atoms with van der Waals surface area (Å²) in [5, 5.41) is 0. The van der Waals surface area contributed by atoms with E-state index in [0.29, 0.717) is 11.3 Å². The summed E-state index contributed by atoms with van der Waals surface area (Å²) in [6, 6.07) is 5.85. The number of ketones is 2. The van der Waals surface area contributed by atoms with Crippen LogP contribution in [0.25, 0.3) is 0 Å². The third kappa shape index (κ3) is 3.43. The Labute approximate surface area is 153 Å². The third-order valence-electron chi connectivity index (χ3n) is 6.09. The van der Waals surface area contributed by atoms with E-state index in [1.54, 1.807) is 12.1 Å². The van der Waals surface area contributed by atoms with Crippen molar-refractivity contribution in [3.05, 3.63) is 59.4 Å². The molecule has 3 aliphatic rings. The smallest absolute Gasteiger partial charge is 0.166 e. The number of hydrogen-bond donors (Lipinski definition) is 0. The first kappa shape index (κ1) is 17.3. The van der Waals surface area contributed by atoms with E-state index in [9.17, 15) is 14.0 Å². The SMILES string of the molecule is O=C(c1ccc(F)cc1)C1CCN(CCC2CC3=CC=CC3C2=O)CC1. The van der Waals surface area contributed by atoms with Gasteiger partial charge in [-0.2, -0.15) is 0 Å². The third-order valence-corrected chi connectivity index (χ3v) is 6.09. The van der Waals surface area contributed by atoms with Crippen LogP contribution >= 0.6 is 0 Å². The number of likely N-dealkylation sites (tertiary alicyclic amines) is 1. The Balaban J connectivity index is 1.25. The average Bonchev–Trinajstić information content (AvgIpc) is 3.24. The summed E-state index contributed by atoms with van der Waals surface area (Å²) >= 11 is 0. The largest absolute Gasteiger partial charge is 0.303 e. The second kappa shape index (κ2) is 7.28. The van der Waals surface area contributed by atoms with Crippen molar-refractivity contribution < 1.29 is 14.0 Å². The van der Waals surface area contributed by atoms with Crippen molar-refractivity contribution >= 4 is 11.6 Å². The van der Waals surface area contributed by atoms with Crippen molar-refractivity contribution in [2.24, 2.45) is 17.8 Å². The number of piperidine rings is 1. The van der Waals surface area contributed by atoms with Crippen LogP contribution in [-0.2, 0) is 4.79 Å². The molecule has 0 radical (unpaired) electrons. The second-order valence-corrected chi connectivity index (χ2v) is 7.68. The lowest BCUT2D eigenvalue weighted by Gasteiger charge is -2.31. The number of carbonyl (C=O) groups is 2. The van der Waals surface area contributed by atoms with Crippen molar-refractivity contribution in [3.63, 3.8) is 0 Å². The molecule has 0 bridgehead atoms. The van der Waals surface area contributed by atoms with E-state index in [4.69, 9.17) is 0 Å². The van der Waals surface area contributed by atoms with E-state index in [1.807, 2.05) is 12.2 Å². The zero-order chi connectivity index (χ0) is 18.1. The highest BCUT2D eigenvalue weighted by atomic mass is 19.1. The van der Waals surface area contributed by atoms with Gasteiger partial charge in [0.25, 0.3) is 0 Å². The zero-order valence-corrected chi connectivity index (χ0v) is 14.9. The second-order valence-electron chi connectivity index (χ2n) is 7.68. The van der Waals surface area contributed by atoms with E-state index < -0.39 is 0 Å². The standard InChI is InChI=1S/C22H24FNO2/c23-19-6-4-15(5-7-19)21(25)16-8-11-24(12-9-16)13-10-18-14-17-2-1-3-20(17)22(18)26/h1-7,16,18,20H,8-14H2. The first-order chi connectivity index (χ1) is 12.6. The predicted molar refractivity (Wildman–Crippen MR) is 98.3 cm³/mol. The normalized spacial score (nSPS) is 26.2. The molecule has 0 aromatic heterocycles. The Bertz CT molecular complexity index is 757. The van der Waals surface area contributed by atoms with E-state index >= 15 is 0 Å². The molecule has 0 amide bonds. The number of fused-ring (bicyclic) bond motifs is 1. The summed E-state index contributed by atoms with van der Waals surface area (Å²) in [7, 11) is 0. The average molecular weight is 353 g/mol. The van der Waals surface area contributed by atoms with Crippen LogP contribution in [0.2, 0.25) is 0 Å². The lowest BCUT2D eigenvalue weighted by molar-refractivity contribution is -0.122. The Morgan fingerprint density at radius 3 is 2.58 bits per heavy atom. The van der Waals surface area contributed by atoms with Gasteiger partial charge in [-0.1, -0.05) is 23.8 Å². The quantitative estimate of drug-likeness (QED) is 0.756. The number of nitrogens with zero attached hydrogens (tertiary/aromatic N) is 1. The number of allylic oxidation sites excluding steroid dienone is 4. The lowest BCUT2D eigenvalue weighted by atomic mass is 9.88. The molecule has 136 valence electrons. The van der Waals surface area contributed by atoms with Crippen LogP contribution in [0.4, 0.5) is 4.39 Å². The Morgan fingerprint density at radius 1 is 1.15 bits per heavy atom. The van der Waals surface area contributed by atoms with Gasteiger partial charge in [-0.3, -0.25) is 9.59 Å². The minimum atomic E-state index is -0.312. The molecule has 2 atom stereocenters. The van der Waals surface area contributed by atoms with E-state index in [1.165, 1.54) is 17.7 Å². The molecule has 1 aliphatic heterocycles. The van der Waals surface area contributed by atoms with Crippen LogP contribution in [0.3, 0.4) is 0 Å². The summed E-state index contributed by atoms with van der Waals surface area (Å²) in [6.45, 7) is 2.71. The number of Topliss-reactive ketones (excluding diaryl/α,β-unsaturated/α-hetero) is 2. The molecule has 3 nitrogen and oxygen atoms in total. The van der Waals surface area contributed by atoms with Crippen molar-refractivity contribution in [2.45, 2.75) is 25.7 Å². The van der Waals surface area contributed by atoms with Gasteiger partial charge in [-0.25, -0.2) is 4.39 Å². The fourth-order valence-electron chi connectivity index (χ4n) is 4.48. The van der Waals surface area contributed by atoms with Crippen LogP contribution in [0.15, 0.2) is 48.1 Å². The van der Waals surface area contributed by atoms with Gasteiger partial charge in [0, 0.05) is 17.4 Å². The van der Waals surface area contributed by atoms with Gasteiger partial charge in [0.15, 0.2) is 5.78 Å². The molecule has 1 aromatic rings. The minimum absolute atomic E-state index is 0.0273. The lowest BCUT2D eigenvalue weighted by Crippen LogP contribution is -2.37. The first-order valence-corrected chi connectivity index (χ1v) is 9.55. The molecule has 1 heterocycles. The highest BCUT2D eigenvalue weighted by Gasteiger charge is 2.37. The Morgan fingerprint density at radius 2 is 1.88 bits per heavy atom. The van der Waals surface area contributed by atoms with Crippen LogP contribution in [-0.4, -0.2) is 36.1 Å². The topological polar surface area (TPSA) is 37.4 Å². The molecule has 2 unspecified atom stereocenters. The number of hydrogen-bond acceptors (Lipinski definition) is 3. The molecule has 1 aromatic carbocycles. The maximum atomic E-state index is 13.0. The molecule has 1 saturated heterocycles. The predicted octanol–water partition coefficient (Wildman–Crippen LogP) is 3.81. The molecule has 4 heteroatoms. The van der Waals surface area contributed by atoms with E-state index in [-0.39, 0.29) is 29.4 Å². The molecular weight excluding hydrogens is 329 g/mol. The highest BCUT2D eigenvalue weighted by molar-refractivity contribution is 5.97. The van der Waals surface area contributed by atoms with Gasteiger partial charge in [-0.15, -0.1) is 0 Å². The molecule has 2 fully saturated rings. The molecular formula is C22H24FNO2. The van der Waals surface area contributed by atoms with Crippen LogP contribution in [0.1, 0.15) is 36.0 Å². The summed E-state index contributed by atoms with van der Waals surface area (Å²) in [6.07, 6.45) is 9.61. The highest BCUT2D eigenvalue weighted by Crippen LogP contribution is 2.38. The van der Waals surface area contributed by atoms with Gasteiger partial charge in [0.2, 0.25) is 0 Å². The van der Waals surface area contributed by atoms with Crippen LogP contribution in [0, 0.1) is 23.6 Å². The van der Waals surface area contributed by atoms with Gasteiger partial charge in [0.1, 0.15) is 11.6 Å². The van der Waals surface area contributed by atoms with E-state index in [2.05, 4.69) is 11.0 Å². The molecule has 0 N–H and O–H groups in total. The summed E-state index contributed by atoms with van der Waals surface area (Å²) in [5.74, 6) is 0.440. The Hall–Kier alpha value is -2.07. The maximum Gasteiger partial charge on any atom is 0.166 e. The fraction of sp³-hybridized carbons (Fsp3) is 0.455. The molecule has 1 saturated carbocycles. The molecule has 4 rings (SSSR count). The first-order valence-electron chi connectivity index (χ1n) is 9.55.